The SMILES string of the molecule is CC(C)(C)C(=O)NCC(=O)N1CCN(C2CCCN(CC(F)(F)F)C2=O)CC1. The van der Waals surface area contributed by atoms with Crippen LogP contribution < -0.4 is 5.32 Å². The lowest BCUT2D eigenvalue weighted by atomic mass is 9.96. The molecule has 1 unspecified atom stereocenters. The van der Waals surface area contributed by atoms with Gasteiger partial charge in [0, 0.05) is 38.1 Å². The summed E-state index contributed by atoms with van der Waals surface area (Å²) < 4.78 is 37.9. The number of hydrogen-bond donors (Lipinski definition) is 1. The summed E-state index contributed by atoms with van der Waals surface area (Å²) in [5.74, 6) is -0.899. The van der Waals surface area contributed by atoms with Crippen LogP contribution in [0.25, 0.3) is 0 Å². The zero-order chi connectivity index (χ0) is 21.1. The van der Waals surface area contributed by atoms with Gasteiger partial charge in [-0.25, -0.2) is 0 Å². The summed E-state index contributed by atoms with van der Waals surface area (Å²) in [7, 11) is 0. The molecule has 28 heavy (non-hydrogen) atoms. The van der Waals surface area contributed by atoms with Crippen molar-refractivity contribution in [2.75, 3.05) is 45.8 Å². The van der Waals surface area contributed by atoms with E-state index in [0.29, 0.717) is 39.0 Å². The predicted molar refractivity (Wildman–Crippen MR) is 96.3 cm³/mol. The molecular weight excluding hydrogens is 377 g/mol. The lowest BCUT2D eigenvalue weighted by Gasteiger charge is -2.42. The number of amides is 3. The van der Waals surface area contributed by atoms with Gasteiger partial charge in [0.15, 0.2) is 0 Å². The Labute approximate surface area is 163 Å². The molecule has 0 saturated carbocycles. The van der Waals surface area contributed by atoms with Gasteiger partial charge in [0.1, 0.15) is 6.54 Å². The summed E-state index contributed by atoms with van der Waals surface area (Å²) >= 11 is 0. The van der Waals surface area contributed by atoms with Crippen molar-refractivity contribution in [2.24, 2.45) is 5.41 Å². The van der Waals surface area contributed by atoms with Gasteiger partial charge in [-0.3, -0.25) is 19.3 Å². The number of hydrogen-bond acceptors (Lipinski definition) is 4. The summed E-state index contributed by atoms with van der Waals surface area (Å²) in [6.45, 7) is 5.72. The summed E-state index contributed by atoms with van der Waals surface area (Å²) in [6.07, 6.45) is -3.34. The molecule has 2 aliphatic heterocycles. The first-order valence-electron chi connectivity index (χ1n) is 9.54. The molecule has 3 amide bonds. The van der Waals surface area contributed by atoms with E-state index in [2.05, 4.69) is 5.32 Å². The number of piperazine rings is 1. The molecule has 10 heteroatoms. The average molecular weight is 406 g/mol. The molecule has 0 radical (unpaired) electrons. The second kappa shape index (κ2) is 8.67. The number of alkyl halides is 3. The Hall–Kier alpha value is -1.84. The van der Waals surface area contributed by atoms with Crippen LogP contribution in [-0.4, -0.2) is 90.5 Å². The lowest BCUT2D eigenvalue weighted by Crippen LogP contribution is -2.59. The maximum atomic E-state index is 12.6. The Morgan fingerprint density at radius 2 is 1.68 bits per heavy atom. The molecular formula is C18H29F3N4O3. The largest absolute Gasteiger partial charge is 0.406 e. The minimum atomic E-state index is -4.40. The highest BCUT2D eigenvalue weighted by molar-refractivity contribution is 5.87. The van der Waals surface area contributed by atoms with E-state index in [-0.39, 0.29) is 24.9 Å². The fraction of sp³-hybridized carbons (Fsp3) is 0.833. The van der Waals surface area contributed by atoms with Gasteiger partial charge in [-0.2, -0.15) is 13.2 Å². The van der Waals surface area contributed by atoms with Gasteiger partial charge in [-0.15, -0.1) is 0 Å². The Morgan fingerprint density at radius 3 is 2.21 bits per heavy atom. The second-order valence-corrected chi connectivity index (χ2v) is 8.38. The molecule has 0 aromatic rings. The summed E-state index contributed by atoms with van der Waals surface area (Å²) in [4.78, 5) is 40.9. The topological polar surface area (TPSA) is 73.0 Å². The van der Waals surface area contributed by atoms with Crippen LogP contribution in [0.15, 0.2) is 0 Å². The first-order valence-corrected chi connectivity index (χ1v) is 9.54. The normalized spacial score (nSPS) is 22.4. The van der Waals surface area contributed by atoms with Gasteiger partial charge in [0.05, 0.1) is 12.6 Å². The maximum absolute atomic E-state index is 12.6. The van der Waals surface area contributed by atoms with Crippen molar-refractivity contribution < 1.29 is 27.6 Å². The van der Waals surface area contributed by atoms with Crippen LogP contribution >= 0.6 is 0 Å². The molecule has 1 N–H and O–H groups in total. The zero-order valence-corrected chi connectivity index (χ0v) is 16.6. The van der Waals surface area contributed by atoms with Crippen molar-refractivity contribution in [3.05, 3.63) is 0 Å². The van der Waals surface area contributed by atoms with E-state index in [1.807, 2.05) is 4.90 Å². The molecule has 2 aliphatic rings. The number of nitrogens with one attached hydrogen (secondary N) is 1. The van der Waals surface area contributed by atoms with Gasteiger partial charge in [-0.1, -0.05) is 20.8 Å². The lowest BCUT2D eigenvalue weighted by molar-refractivity contribution is -0.168. The number of carbonyl (C=O) groups is 3. The Morgan fingerprint density at radius 1 is 1.07 bits per heavy atom. The molecule has 2 fully saturated rings. The smallest absolute Gasteiger partial charge is 0.347 e. The van der Waals surface area contributed by atoms with Gasteiger partial charge in [-0.05, 0) is 12.8 Å². The number of nitrogens with zero attached hydrogens (tertiary/aromatic N) is 3. The van der Waals surface area contributed by atoms with E-state index >= 15 is 0 Å². The van der Waals surface area contributed by atoms with Crippen LogP contribution in [0.4, 0.5) is 13.2 Å². The molecule has 0 aromatic heterocycles. The molecule has 7 nitrogen and oxygen atoms in total. The molecule has 1 atom stereocenters. The monoisotopic (exact) mass is 406 g/mol. The number of carbonyl (C=O) groups excluding carboxylic acids is 3. The van der Waals surface area contributed by atoms with Gasteiger partial charge < -0.3 is 15.1 Å². The number of piperidine rings is 1. The van der Waals surface area contributed by atoms with Crippen LogP contribution in [0.1, 0.15) is 33.6 Å². The molecule has 2 heterocycles. The molecule has 0 aliphatic carbocycles. The minimum absolute atomic E-state index is 0.0855. The van der Waals surface area contributed by atoms with Crippen LogP contribution in [-0.2, 0) is 14.4 Å². The predicted octanol–water partition coefficient (Wildman–Crippen LogP) is 0.846. The van der Waals surface area contributed by atoms with Crippen LogP contribution in [0.5, 0.6) is 0 Å². The number of rotatable bonds is 4. The first-order chi connectivity index (χ1) is 12.9. The fourth-order valence-corrected chi connectivity index (χ4v) is 3.45. The molecule has 0 spiro atoms. The Kier molecular flexibility index (Phi) is 6.95. The molecule has 0 aromatic carbocycles. The third-order valence-corrected chi connectivity index (χ3v) is 5.06. The van der Waals surface area contributed by atoms with Crippen molar-refractivity contribution >= 4 is 17.7 Å². The second-order valence-electron chi connectivity index (χ2n) is 8.38. The van der Waals surface area contributed by atoms with Gasteiger partial charge in [0.25, 0.3) is 0 Å². The molecule has 2 rings (SSSR count). The van der Waals surface area contributed by atoms with E-state index in [9.17, 15) is 27.6 Å². The van der Waals surface area contributed by atoms with Crippen LogP contribution in [0.2, 0.25) is 0 Å². The van der Waals surface area contributed by atoms with Crippen molar-refractivity contribution in [3.63, 3.8) is 0 Å². The highest BCUT2D eigenvalue weighted by Gasteiger charge is 2.40. The first kappa shape index (κ1) is 22.4. The minimum Gasteiger partial charge on any atom is -0.347 e. The molecule has 2 saturated heterocycles. The number of halogens is 3. The third-order valence-electron chi connectivity index (χ3n) is 5.06. The highest BCUT2D eigenvalue weighted by atomic mass is 19.4. The van der Waals surface area contributed by atoms with Gasteiger partial charge in [0.2, 0.25) is 17.7 Å². The summed E-state index contributed by atoms with van der Waals surface area (Å²) in [6, 6.07) is -0.561. The van der Waals surface area contributed by atoms with E-state index in [4.69, 9.17) is 0 Å². The van der Waals surface area contributed by atoms with Crippen molar-refractivity contribution in [1.82, 2.24) is 20.0 Å². The van der Waals surface area contributed by atoms with Crippen molar-refractivity contribution in [3.8, 4) is 0 Å². The van der Waals surface area contributed by atoms with E-state index in [1.54, 1.807) is 25.7 Å². The highest BCUT2D eigenvalue weighted by Crippen LogP contribution is 2.23. The third kappa shape index (κ3) is 6.08. The zero-order valence-electron chi connectivity index (χ0n) is 16.6. The van der Waals surface area contributed by atoms with E-state index < -0.39 is 30.1 Å². The van der Waals surface area contributed by atoms with Gasteiger partial charge >= 0.3 is 6.18 Å². The molecule has 0 bridgehead atoms. The van der Waals surface area contributed by atoms with Crippen LogP contribution in [0.3, 0.4) is 0 Å². The maximum Gasteiger partial charge on any atom is 0.406 e. The quantitative estimate of drug-likeness (QED) is 0.751. The Balaban J connectivity index is 1.83. The van der Waals surface area contributed by atoms with E-state index in [1.165, 1.54) is 0 Å². The fourth-order valence-electron chi connectivity index (χ4n) is 3.45. The summed E-state index contributed by atoms with van der Waals surface area (Å²) in [5, 5.41) is 2.62. The van der Waals surface area contributed by atoms with Crippen molar-refractivity contribution in [2.45, 2.75) is 45.8 Å². The van der Waals surface area contributed by atoms with Crippen LogP contribution in [0, 0.1) is 5.41 Å². The van der Waals surface area contributed by atoms with Crippen molar-refractivity contribution in [1.29, 1.82) is 0 Å². The number of likely N-dealkylation sites (tertiary alicyclic amines) is 1. The average Bonchev–Trinajstić information content (AvgIpc) is 2.59. The summed E-state index contributed by atoms with van der Waals surface area (Å²) in [5.41, 5.74) is -0.581. The Bertz CT molecular complexity index is 596. The molecule has 160 valence electrons. The van der Waals surface area contributed by atoms with E-state index in [0.717, 1.165) is 4.90 Å². The standard InChI is InChI=1S/C18H29F3N4O3/c1-17(2,3)16(28)22-11-14(26)24-9-7-23(8-10-24)13-5-4-6-25(15(13)27)12-18(19,20)21/h13H,4-12H2,1-3H3,(H,22,28).